The number of allylic oxidation sites excluding steroid dienone is 4. The third kappa shape index (κ3) is 4.11. The van der Waals surface area contributed by atoms with Crippen molar-refractivity contribution in [1.29, 1.82) is 0 Å². The first-order valence-electron chi connectivity index (χ1n) is 6.62. The van der Waals surface area contributed by atoms with Gasteiger partial charge in [-0.2, -0.15) is 0 Å². The van der Waals surface area contributed by atoms with Gasteiger partial charge in [0, 0.05) is 25.5 Å². The van der Waals surface area contributed by atoms with Crippen molar-refractivity contribution < 1.29 is 0 Å². The summed E-state index contributed by atoms with van der Waals surface area (Å²) in [7, 11) is 0. The van der Waals surface area contributed by atoms with Crippen LogP contribution in [0.1, 0.15) is 6.42 Å². The Hall–Kier alpha value is -0.740. The highest BCUT2D eigenvalue weighted by atomic mass is 32.2. The fourth-order valence-electron chi connectivity index (χ4n) is 2.30. The molecule has 2 aliphatic rings. The highest BCUT2D eigenvalue weighted by Crippen LogP contribution is 2.20. The Bertz CT molecular complexity index is 352. The maximum absolute atomic E-state index is 2.42. The van der Waals surface area contributed by atoms with E-state index in [1.165, 1.54) is 6.42 Å². The van der Waals surface area contributed by atoms with Crippen LogP contribution in [-0.2, 0) is 0 Å². The Kier molecular flexibility index (Phi) is 5.98. The van der Waals surface area contributed by atoms with Gasteiger partial charge in [0.05, 0.1) is 10.7 Å². The van der Waals surface area contributed by atoms with Gasteiger partial charge in [0.1, 0.15) is 0 Å². The monoisotopic (exact) mass is 294 g/mol. The molecular formula is C15H22N2S2. The Balaban J connectivity index is 1.77. The maximum atomic E-state index is 2.42. The molecule has 0 saturated heterocycles. The summed E-state index contributed by atoms with van der Waals surface area (Å²) in [5.74, 6) is 0. The van der Waals surface area contributed by atoms with E-state index in [0.717, 1.165) is 13.1 Å². The largest absolute Gasteiger partial charge is 0.362 e. The first-order valence-corrected chi connectivity index (χ1v) is 9.20. The molecule has 0 fully saturated rings. The molecule has 0 bridgehead atoms. The van der Waals surface area contributed by atoms with E-state index >= 15 is 0 Å². The highest BCUT2D eigenvalue weighted by Gasteiger charge is 2.15. The van der Waals surface area contributed by atoms with Gasteiger partial charge >= 0.3 is 0 Å². The van der Waals surface area contributed by atoms with Crippen LogP contribution in [-0.4, -0.2) is 46.1 Å². The minimum Gasteiger partial charge on any atom is -0.362 e. The molecule has 19 heavy (non-hydrogen) atoms. The van der Waals surface area contributed by atoms with Crippen LogP contribution in [0.2, 0.25) is 0 Å². The quantitative estimate of drug-likeness (QED) is 0.739. The molecule has 2 heterocycles. The van der Waals surface area contributed by atoms with Crippen molar-refractivity contribution in [3.63, 3.8) is 0 Å². The Labute approximate surface area is 125 Å². The molecule has 2 rings (SSSR count). The van der Waals surface area contributed by atoms with Gasteiger partial charge in [-0.3, -0.25) is 0 Å². The van der Waals surface area contributed by atoms with Crippen molar-refractivity contribution >= 4 is 23.5 Å². The predicted octanol–water partition coefficient (Wildman–Crippen LogP) is 3.53. The first kappa shape index (κ1) is 14.7. The van der Waals surface area contributed by atoms with Crippen LogP contribution in [0.5, 0.6) is 0 Å². The van der Waals surface area contributed by atoms with Crippen molar-refractivity contribution in [2.24, 2.45) is 0 Å². The summed E-state index contributed by atoms with van der Waals surface area (Å²) in [6.07, 6.45) is 23.0. The van der Waals surface area contributed by atoms with Crippen molar-refractivity contribution in [1.82, 2.24) is 9.80 Å². The molecule has 0 radical (unpaired) electrons. The predicted molar refractivity (Wildman–Crippen MR) is 89.2 cm³/mol. The van der Waals surface area contributed by atoms with Crippen molar-refractivity contribution in [3.8, 4) is 0 Å². The van der Waals surface area contributed by atoms with Gasteiger partial charge in [-0.05, 0) is 31.1 Å². The summed E-state index contributed by atoms with van der Waals surface area (Å²) < 4.78 is 0. The van der Waals surface area contributed by atoms with E-state index in [1.54, 1.807) is 0 Å². The lowest BCUT2D eigenvalue weighted by Crippen LogP contribution is -2.33. The summed E-state index contributed by atoms with van der Waals surface area (Å²) in [6.45, 7) is 2.23. The SMILES string of the molecule is CSC1C=CC=CN1CCCN1C=CC=CC1SC. The molecule has 0 aromatic carbocycles. The number of nitrogens with zero attached hydrogens (tertiary/aromatic N) is 2. The molecule has 2 aliphatic heterocycles. The zero-order valence-corrected chi connectivity index (χ0v) is 13.2. The van der Waals surface area contributed by atoms with Crippen LogP contribution in [0, 0.1) is 0 Å². The van der Waals surface area contributed by atoms with Crippen LogP contribution >= 0.6 is 23.5 Å². The molecule has 0 spiro atoms. The third-order valence-electron chi connectivity index (χ3n) is 3.30. The van der Waals surface area contributed by atoms with Crippen LogP contribution in [0.3, 0.4) is 0 Å². The molecule has 2 nitrogen and oxygen atoms in total. The van der Waals surface area contributed by atoms with E-state index in [4.69, 9.17) is 0 Å². The summed E-state index contributed by atoms with van der Waals surface area (Å²) in [5.41, 5.74) is 0. The van der Waals surface area contributed by atoms with Gasteiger partial charge in [0.2, 0.25) is 0 Å². The normalized spacial score (nSPS) is 25.4. The van der Waals surface area contributed by atoms with Gasteiger partial charge in [-0.25, -0.2) is 0 Å². The summed E-state index contributed by atoms with van der Waals surface area (Å²) in [5, 5.41) is 0.997. The summed E-state index contributed by atoms with van der Waals surface area (Å²) >= 11 is 3.78. The number of rotatable bonds is 6. The lowest BCUT2D eigenvalue weighted by molar-refractivity contribution is 0.324. The van der Waals surface area contributed by atoms with Crippen LogP contribution in [0.25, 0.3) is 0 Å². The van der Waals surface area contributed by atoms with E-state index in [9.17, 15) is 0 Å². The zero-order valence-electron chi connectivity index (χ0n) is 11.6. The lowest BCUT2D eigenvalue weighted by Gasteiger charge is -2.32. The molecule has 2 unspecified atom stereocenters. The molecule has 2 atom stereocenters. The average molecular weight is 294 g/mol. The average Bonchev–Trinajstić information content (AvgIpc) is 2.48. The van der Waals surface area contributed by atoms with Gasteiger partial charge in [0.15, 0.2) is 0 Å². The second kappa shape index (κ2) is 7.75. The van der Waals surface area contributed by atoms with E-state index < -0.39 is 0 Å². The Morgan fingerprint density at radius 3 is 1.68 bits per heavy atom. The smallest absolute Gasteiger partial charge is 0.0930 e. The molecule has 0 aliphatic carbocycles. The van der Waals surface area contributed by atoms with Crippen LogP contribution < -0.4 is 0 Å². The highest BCUT2D eigenvalue weighted by molar-refractivity contribution is 7.99. The summed E-state index contributed by atoms with van der Waals surface area (Å²) in [6, 6.07) is 0. The first-order chi connectivity index (χ1) is 9.35. The van der Waals surface area contributed by atoms with E-state index in [2.05, 4.69) is 71.2 Å². The number of thioether (sulfide) groups is 2. The molecule has 104 valence electrons. The molecule has 4 heteroatoms. The number of hydrogen-bond donors (Lipinski definition) is 0. The molecule has 0 aromatic rings. The minimum absolute atomic E-state index is 0.498. The molecule has 0 aromatic heterocycles. The van der Waals surface area contributed by atoms with Crippen molar-refractivity contribution in [3.05, 3.63) is 48.9 Å². The van der Waals surface area contributed by atoms with Crippen LogP contribution in [0.4, 0.5) is 0 Å². The van der Waals surface area contributed by atoms with E-state index in [0.29, 0.717) is 10.7 Å². The molecule has 0 N–H and O–H groups in total. The lowest BCUT2D eigenvalue weighted by atomic mass is 10.3. The topological polar surface area (TPSA) is 6.48 Å². The molecule has 0 saturated carbocycles. The fraction of sp³-hybridized carbons (Fsp3) is 0.467. The fourth-order valence-corrected chi connectivity index (χ4v) is 3.69. The standard InChI is InChI=1S/C15H22N2S2/c1-18-14-8-3-5-10-16(14)12-7-13-17-11-6-4-9-15(17)19-2/h3-6,8-11,14-15H,7,12-13H2,1-2H3. The van der Waals surface area contributed by atoms with Crippen molar-refractivity contribution in [2.45, 2.75) is 17.2 Å². The third-order valence-corrected chi connectivity index (χ3v) is 5.12. The van der Waals surface area contributed by atoms with Gasteiger partial charge in [-0.15, -0.1) is 23.5 Å². The van der Waals surface area contributed by atoms with Crippen LogP contribution in [0.15, 0.2) is 48.9 Å². The second-order valence-electron chi connectivity index (χ2n) is 4.53. The molecule has 0 amide bonds. The maximum Gasteiger partial charge on any atom is 0.0930 e. The Morgan fingerprint density at radius 1 is 0.789 bits per heavy atom. The van der Waals surface area contributed by atoms with Gasteiger partial charge < -0.3 is 9.80 Å². The zero-order chi connectivity index (χ0) is 13.5. The van der Waals surface area contributed by atoms with E-state index in [1.807, 2.05) is 23.5 Å². The molecular weight excluding hydrogens is 272 g/mol. The van der Waals surface area contributed by atoms with Crippen molar-refractivity contribution in [2.75, 3.05) is 25.6 Å². The summed E-state index contributed by atoms with van der Waals surface area (Å²) in [4.78, 5) is 4.84. The van der Waals surface area contributed by atoms with Gasteiger partial charge in [-0.1, -0.05) is 24.3 Å². The van der Waals surface area contributed by atoms with Gasteiger partial charge in [0.25, 0.3) is 0 Å². The number of hydrogen-bond acceptors (Lipinski definition) is 4. The minimum atomic E-state index is 0.498. The van der Waals surface area contributed by atoms with E-state index in [-0.39, 0.29) is 0 Å². The second-order valence-corrected chi connectivity index (χ2v) is 6.44. The Morgan fingerprint density at radius 2 is 1.26 bits per heavy atom.